The first-order chi connectivity index (χ1) is 8.80. The number of hydrogen-bond donors (Lipinski definition) is 2. The SMILES string of the molecule is CC1=C(c2nc(C(C)(C)O)ccc2N)CCCC1C. The van der Waals surface area contributed by atoms with Crippen molar-refractivity contribution in [1.82, 2.24) is 4.98 Å². The molecule has 0 radical (unpaired) electrons. The second-order valence-electron chi connectivity index (χ2n) is 6.15. The maximum Gasteiger partial charge on any atom is 0.101 e. The average Bonchev–Trinajstić information content (AvgIpc) is 2.32. The lowest BCUT2D eigenvalue weighted by atomic mass is 9.83. The Bertz CT molecular complexity index is 512. The molecule has 3 nitrogen and oxygen atoms in total. The Balaban J connectivity index is 2.53. The molecule has 1 aliphatic carbocycles. The van der Waals surface area contributed by atoms with E-state index in [0.29, 0.717) is 17.3 Å². The standard InChI is InChI=1S/C16H24N2O/c1-10-6-5-7-12(11(10)2)15-13(17)8-9-14(18-15)16(3,4)19/h8-10,19H,5-7,17H2,1-4H3. The summed E-state index contributed by atoms with van der Waals surface area (Å²) in [6.07, 6.45) is 3.45. The molecule has 1 aromatic heterocycles. The van der Waals surface area contributed by atoms with Gasteiger partial charge >= 0.3 is 0 Å². The second kappa shape index (κ2) is 4.97. The molecule has 1 atom stereocenters. The minimum atomic E-state index is -0.933. The predicted molar refractivity (Wildman–Crippen MR) is 79.5 cm³/mol. The van der Waals surface area contributed by atoms with Crippen LogP contribution in [0.2, 0.25) is 0 Å². The Morgan fingerprint density at radius 3 is 2.68 bits per heavy atom. The van der Waals surface area contributed by atoms with Gasteiger partial charge in [0.05, 0.1) is 17.1 Å². The van der Waals surface area contributed by atoms with Gasteiger partial charge in [0.2, 0.25) is 0 Å². The van der Waals surface area contributed by atoms with Crippen LogP contribution in [0.1, 0.15) is 58.3 Å². The first-order valence-electron chi connectivity index (χ1n) is 7.00. The number of anilines is 1. The van der Waals surface area contributed by atoms with Gasteiger partial charge in [-0.15, -0.1) is 0 Å². The average molecular weight is 260 g/mol. The summed E-state index contributed by atoms with van der Waals surface area (Å²) in [5, 5.41) is 10.1. The van der Waals surface area contributed by atoms with Crippen LogP contribution in [0.5, 0.6) is 0 Å². The van der Waals surface area contributed by atoms with Gasteiger partial charge in [0, 0.05) is 0 Å². The third-order valence-corrected chi connectivity index (χ3v) is 4.12. The Hall–Kier alpha value is -1.35. The van der Waals surface area contributed by atoms with Crippen molar-refractivity contribution < 1.29 is 5.11 Å². The fourth-order valence-corrected chi connectivity index (χ4v) is 2.65. The van der Waals surface area contributed by atoms with Gasteiger partial charge in [0.1, 0.15) is 5.60 Å². The lowest BCUT2D eigenvalue weighted by Crippen LogP contribution is -2.19. The van der Waals surface area contributed by atoms with Gasteiger partial charge in [-0.3, -0.25) is 0 Å². The van der Waals surface area contributed by atoms with Crippen LogP contribution in [0.4, 0.5) is 5.69 Å². The molecule has 1 aromatic rings. The molecule has 3 heteroatoms. The normalized spacial score (nSPS) is 20.8. The largest absolute Gasteiger partial charge is 0.397 e. The van der Waals surface area contributed by atoms with E-state index in [1.807, 2.05) is 6.07 Å². The van der Waals surface area contributed by atoms with Crippen LogP contribution in [0.3, 0.4) is 0 Å². The van der Waals surface area contributed by atoms with E-state index < -0.39 is 5.60 Å². The number of hydrogen-bond acceptors (Lipinski definition) is 3. The number of rotatable bonds is 2. The molecule has 0 fully saturated rings. The third-order valence-electron chi connectivity index (χ3n) is 4.12. The number of allylic oxidation sites excluding steroid dienone is 2. The minimum absolute atomic E-state index is 0.593. The van der Waals surface area contributed by atoms with Crippen molar-refractivity contribution >= 4 is 11.3 Å². The number of nitrogen functional groups attached to an aromatic ring is 1. The van der Waals surface area contributed by atoms with Gasteiger partial charge in [0.15, 0.2) is 0 Å². The highest BCUT2D eigenvalue weighted by Gasteiger charge is 2.23. The molecule has 0 aromatic carbocycles. The maximum absolute atomic E-state index is 10.1. The highest BCUT2D eigenvalue weighted by Crippen LogP contribution is 2.37. The van der Waals surface area contributed by atoms with Gasteiger partial charge < -0.3 is 10.8 Å². The quantitative estimate of drug-likeness (QED) is 0.855. The first-order valence-corrected chi connectivity index (χ1v) is 7.00. The summed E-state index contributed by atoms with van der Waals surface area (Å²) in [5.74, 6) is 0.593. The molecule has 104 valence electrons. The Kier molecular flexibility index (Phi) is 3.68. The van der Waals surface area contributed by atoms with Gasteiger partial charge in [-0.1, -0.05) is 12.5 Å². The Morgan fingerprint density at radius 1 is 1.37 bits per heavy atom. The van der Waals surface area contributed by atoms with Gasteiger partial charge in [-0.25, -0.2) is 4.98 Å². The number of aliphatic hydroxyl groups is 1. The number of nitrogens with zero attached hydrogens (tertiary/aromatic N) is 1. The number of pyridine rings is 1. The van der Waals surface area contributed by atoms with E-state index >= 15 is 0 Å². The minimum Gasteiger partial charge on any atom is -0.397 e. The monoisotopic (exact) mass is 260 g/mol. The zero-order valence-electron chi connectivity index (χ0n) is 12.3. The molecule has 0 bridgehead atoms. The molecule has 3 N–H and O–H groups in total. The highest BCUT2D eigenvalue weighted by molar-refractivity contribution is 5.75. The summed E-state index contributed by atoms with van der Waals surface area (Å²) in [6.45, 7) is 7.93. The fourth-order valence-electron chi connectivity index (χ4n) is 2.65. The third kappa shape index (κ3) is 2.81. The molecule has 0 amide bonds. The first kappa shape index (κ1) is 14.1. The molecule has 2 rings (SSSR count). The van der Waals surface area contributed by atoms with Gasteiger partial charge in [-0.2, -0.15) is 0 Å². The van der Waals surface area contributed by atoms with E-state index in [1.165, 1.54) is 24.0 Å². The molecular formula is C16H24N2O. The van der Waals surface area contributed by atoms with Crippen LogP contribution in [-0.2, 0) is 5.60 Å². The molecule has 19 heavy (non-hydrogen) atoms. The molecule has 1 aliphatic rings. The van der Waals surface area contributed by atoms with Crippen molar-refractivity contribution in [2.75, 3.05) is 5.73 Å². The molecule has 0 saturated heterocycles. The maximum atomic E-state index is 10.1. The van der Waals surface area contributed by atoms with E-state index in [1.54, 1.807) is 19.9 Å². The zero-order valence-corrected chi connectivity index (χ0v) is 12.3. The van der Waals surface area contributed by atoms with E-state index in [2.05, 4.69) is 18.8 Å². The van der Waals surface area contributed by atoms with E-state index in [4.69, 9.17) is 5.73 Å². The fraction of sp³-hybridized carbons (Fsp3) is 0.562. The smallest absolute Gasteiger partial charge is 0.101 e. The molecule has 0 aliphatic heterocycles. The lowest BCUT2D eigenvalue weighted by Gasteiger charge is -2.25. The molecule has 0 spiro atoms. The van der Waals surface area contributed by atoms with Crippen molar-refractivity contribution in [3.8, 4) is 0 Å². The summed E-state index contributed by atoms with van der Waals surface area (Å²) in [5.41, 5.74) is 10.1. The predicted octanol–water partition coefficient (Wildman–Crippen LogP) is 3.48. The summed E-state index contributed by atoms with van der Waals surface area (Å²) >= 11 is 0. The molecular weight excluding hydrogens is 236 g/mol. The molecule has 0 saturated carbocycles. The molecule has 1 heterocycles. The lowest BCUT2D eigenvalue weighted by molar-refractivity contribution is 0.0738. The van der Waals surface area contributed by atoms with Crippen LogP contribution in [-0.4, -0.2) is 10.1 Å². The summed E-state index contributed by atoms with van der Waals surface area (Å²) in [4.78, 5) is 4.62. The van der Waals surface area contributed by atoms with Crippen LogP contribution < -0.4 is 5.73 Å². The number of aromatic nitrogens is 1. The topological polar surface area (TPSA) is 59.1 Å². The van der Waals surface area contributed by atoms with E-state index in [9.17, 15) is 5.11 Å². The van der Waals surface area contributed by atoms with Crippen molar-refractivity contribution in [2.45, 2.75) is 52.6 Å². The second-order valence-corrected chi connectivity index (χ2v) is 6.15. The van der Waals surface area contributed by atoms with Crippen molar-refractivity contribution in [3.63, 3.8) is 0 Å². The van der Waals surface area contributed by atoms with Crippen LogP contribution in [0.15, 0.2) is 17.7 Å². The zero-order chi connectivity index (χ0) is 14.2. The summed E-state index contributed by atoms with van der Waals surface area (Å²) in [7, 11) is 0. The Morgan fingerprint density at radius 2 is 2.05 bits per heavy atom. The Labute approximate surface area is 115 Å². The molecule has 1 unspecified atom stereocenters. The van der Waals surface area contributed by atoms with Gasteiger partial charge in [-0.05, 0) is 63.7 Å². The van der Waals surface area contributed by atoms with E-state index in [0.717, 1.165) is 12.1 Å². The van der Waals surface area contributed by atoms with Crippen molar-refractivity contribution in [2.24, 2.45) is 5.92 Å². The van der Waals surface area contributed by atoms with Crippen molar-refractivity contribution in [3.05, 3.63) is 29.1 Å². The summed E-state index contributed by atoms with van der Waals surface area (Å²) < 4.78 is 0. The highest BCUT2D eigenvalue weighted by atomic mass is 16.3. The van der Waals surface area contributed by atoms with Crippen molar-refractivity contribution in [1.29, 1.82) is 0 Å². The van der Waals surface area contributed by atoms with Crippen LogP contribution >= 0.6 is 0 Å². The van der Waals surface area contributed by atoms with Crippen LogP contribution in [0, 0.1) is 5.92 Å². The van der Waals surface area contributed by atoms with Gasteiger partial charge in [0.25, 0.3) is 0 Å². The summed E-state index contributed by atoms with van der Waals surface area (Å²) in [6, 6.07) is 3.66. The van der Waals surface area contributed by atoms with Crippen LogP contribution in [0.25, 0.3) is 5.57 Å². The number of nitrogens with two attached hydrogens (primary N) is 1. The van der Waals surface area contributed by atoms with E-state index in [-0.39, 0.29) is 0 Å².